The fraction of sp³-hybridized carbons (Fsp3) is 0.571. The van der Waals surface area contributed by atoms with Crippen molar-refractivity contribution in [1.29, 1.82) is 0 Å². The van der Waals surface area contributed by atoms with Gasteiger partial charge in [-0.3, -0.25) is 4.90 Å². The van der Waals surface area contributed by atoms with Crippen LogP contribution < -0.4 is 10.0 Å². The van der Waals surface area contributed by atoms with Gasteiger partial charge in [-0.15, -0.1) is 0 Å². The number of nitrogens with zero attached hydrogens (tertiary/aromatic N) is 1. The Morgan fingerprint density at radius 1 is 1.30 bits per heavy atom. The molecular formula is C14H23N3O2S. The molecule has 0 amide bonds. The summed E-state index contributed by atoms with van der Waals surface area (Å²) in [7, 11) is 0.224. The predicted molar refractivity (Wildman–Crippen MR) is 81.4 cm³/mol. The lowest BCUT2D eigenvalue weighted by Crippen LogP contribution is -2.36. The Kier molecular flexibility index (Phi) is 4.67. The third-order valence-electron chi connectivity index (χ3n) is 3.85. The van der Waals surface area contributed by atoms with E-state index >= 15 is 0 Å². The summed E-state index contributed by atoms with van der Waals surface area (Å²) in [5, 5.41) is 3.35. The summed E-state index contributed by atoms with van der Waals surface area (Å²) in [6.45, 7) is 3.05. The largest absolute Gasteiger partial charge is 0.383 e. The number of rotatable bonds is 7. The van der Waals surface area contributed by atoms with Crippen molar-refractivity contribution >= 4 is 15.7 Å². The molecule has 0 spiro atoms. The van der Waals surface area contributed by atoms with Crippen LogP contribution in [-0.4, -0.2) is 46.0 Å². The Bertz CT molecular complexity index is 538. The molecule has 0 bridgehead atoms. The molecule has 1 saturated carbocycles. The van der Waals surface area contributed by atoms with Crippen molar-refractivity contribution in [3.63, 3.8) is 0 Å². The maximum Gasteiger partial charge on any atom is 0.240 e. The molecule has 1 aliphatic rings. The molecule has 1 aromatic carbocycles. The van der Waals surface area contributed by atoms with Gasteiger partial charge in [0.25, 0.3) is 0 Å². The van der Waals surface area contributed by atoms with Crippen molar-refractivity contribution < 1.29 is 8.42 Å². The van der Waals surface area contributed by atoms with Gasteiger partial charge in [-0.05, 0) is 58.1 Å². The number of benzene rings is 1. The van der Waals surface area contributed by atoms with Crippen LogP contribution in [0.25, 0.3) is 0 Å². The molecule has 20 heavy (non-hydrogen) atoms. The van der Waals surface area contributed by atoms with Gasteiger partial charge in [0.2, 0.25) is 10.0 Å². The Morgan fingerprint density at radius 2 is 1.90 bits per heavy atom. The average molecular weight is 297 g/mol. The standard InChI is InChI=1S/C14H23N3O2S/c1-11(17(3)13-6-7-13)10-16-12-4-8-14(9-5-12)20(18,19)15-2/h4-5,8-9,11,13,15-16H,6-7,10H2,1-3H3. The first-order valence-corrected chi connectivity index (χ1v) is 8.42. The molecule has 1 unspecified atom stereocenters. The highest BCUT2D eigenvalue weighted by atomic mass is 32.2. The zero-order valence-electron chi connectivity index (χ0n) is 12.3. The van der Waals surface area contributed by atoms with Crippen molar-refractivity contribution in [2.45, 2.75) is 36.7 Å². The van der Waals surface area contributed by atoms with E-state index in [0.29, 0.717) is 6.04 Å². The lowest BCUT2D eigenvalue weighted by atomic mass is 10.2. The van der Waals surface area contributed by atoms with Gasteiger partial charge in [-0.2, -0.15) is 0 Å². The SMILES string of the molecule is CNS(=O)(=O)c1ccc(NCC(C)N(C)C2CC2)cc1. The summed E-state index contributed by atoms with van der Waals surface area (Å²) in [4.78, 5) is 2.68. The Balaban J connectivity index is 1.90. The highest BCUT2D eigenvalue weighted by molar-refractivity contribution is 7.89. The zero-order valence-corrected chi connectivity index (χ0v) is 13.1. The summed E-state index contributed by atoms with van der Waals surface area (Å²) in [5.41, 5.74) is 0.941. The minimum absolute atomic E-state index is 0.286. The van der Waals surface area contributed by atoms with Gasteiger partial charge in [0.05, 0.1) is 4.90 Å². The zero-order chi connectivity index (χ0) is 14.8. The summed E-state index contributed by atoms with van der Waals surface area (Å²) in [6.07, 6.45) is 2.61. The summed E-state index contributed by atoms with van der Waals surface area (Å²) < 4.78 is 25.5. The molecule has 1 atom stereocenters. The highest BCUT2D eigenvalue weighted by Crippen LogP contribution is 2.27. The molecule has 0 radical (unpaired) electrons. The first kappa shape index (κ1) is 15.3. The molecule has 112 valence electrons. The van der Waals surface area contributed by atoms with Crippen LogP contribution in [0.4, 0.5) is 5.69 Å². The predicted octanol–water partition coefficient (Wildman–Crippen LogP) is 1.49. The Hall–Kier alpha value is -1.11. The Morgan fingerprint density at radius 3 is 2.40 bits per heavy atom. The maximum atomic E-state index is 11.6. The van der Waals surface area contributed by atoms with E-state index in [2.05, 4.69) is 28.9 Å². The van der Waals surface area contributed by atoms with E-state index < -0.39 is 10.0 Å². The van der Waals surface area contributed by atoms with Gasteiger partial charge in [-0.1, -0.05) is 0 Å². The summed E-state index contributed by atoms with van der Waals surface area (Å²) >= 11 is 0. The number of hydrogen-bond donors (Lipinski definition) is 2. The fourth-order valence-corrected chi connectivity index (χ4v) is 2.85. The molecule has 1 aliphatic carbocycles. The number of sulfonamides is 1. The maximum absolute atomic E-state index is 11.6. The van der Waals surface area contributed by atoms with Gasteiger partial charge >= 0.3 is 0 Å². The third kappa shape index (κ3) is 3.71. The van der Waals surface area contributed by atoms with E-state index in [0.717, 1.165) is 18.3 Å². The molecular weight excluding hydrogens is 274 g/mol. The van der Waals surface area contributed by atoms with Gasteiger partial charge in [0.15, 0.2) is 0 Å². The van der Waals surface area contributed by atoms with Gasteiger partial charge in [0.1, 0.15) is 0 Å². The molecule has 0 aromatic heterocycles. The van der Waals surface area contributed by atoms with Crippen molar-refractivity contribution in [2.75, 3.05) is 26.0 Å². The summed E-state index contributed by atoms with van der Waals surface area (Å²) in [5.74, 6) is 0. The molecule has 6 heteroatoms. The molecule has 0 aliphatic heterocycles. The second-order valence-corrected chi connectivity index (χ2v) is 7.25. The molecule has 0 heterocycles. The van der Waals surface area contributed by atoms with E-state index in [1.54, 1.807) is 24.3 Å². The molecule has 1 fully saturated rings. The van der Waals surface area contributed by atoms with Crippen LogP contribution >= 0.6 is 0 Å². The second-order valence-electron chi connectivity index (χ2n) is 5.36. The van der Waals surface area contributed by atoms with Crippen LogP contribution in [0.15, 0.2) is 29.2 Å². The smallest absolute Gasteiger partial charge is 0.240 e. The van der Waals surface area contributed by atoms with Crippen LogP contribution in [0, 0.1) is 0 Å². The fourth-order valence-electron chi connectivity index (χ4n) is 2.12. The van der Waals surface area contributed by atoms with Crippen molar-refractivity contribution in [3.8, 4) is 0 Å². The van der Waals surface area contributed by atoms with E-state index in [4.69, 9.17) is 0 Å². The first-order chi connectivity index (χ1) is 9.44. The topological polar surface area (TPSA) is 61.4 Å². The first-order valence-electron chi connectivity index (χ1n) is 6.93. The minimum atomic E-state index is -3.35. The van der Waals surface area contributed by atoms with E-state index in [-0.39, 0.29) is 4.90 Å². The van der Waals surface area contributed by atoms with Gasteiger partial charge in [0, 0.05) is 24.3 Å². The van der Waals surface area contributed by atoms with Crippen LogP contribution in [-0.2, 0) is 10.0 Å². The monoisotopic (exact) mass is 297 g/mol. The minimum Gasteiger partial charge on any atom is -0.383 e. The lowest BCUT2D eigenvalue weighted by molar-refractivity contribution is 0.257. The van der Waals surface area contributed by atoms with Crippen molar-refractivity contribution in [3.05, 3.63) is 24.3 Å². The van der Waals surface area contributed by atoms with Crippen LogP contribution in [0.5, 0.6) is 0 Å². The van der Waals surface area contributed by atoms with E-state index in [1.165, 1.54) is 19.9 Å². The molecule has 2 N–H and O–H groups in total. The number of nitrogens with one attached hydrogen (secondary N) is 2. The molecule has 0 saturated heterocycles. The van der Waals surface area contributed by atoms with Crippen molar-refractivity contribution in [1.82, 2.24) is 9.62 Å². The molecule has 2 rings (SSSR count). The highest BCUT2D eigenvalue weighted by Gasteiger charge is 2.28. The van der Waals surface area contributed by atoms with E-state index in [9.17, 15) is 8.42 Å². The quantitative estimate of drug-likeness (QED) is 0.800. The molecule has 1 aromatic rings. The average Bonchev–Trinajstić information content (AvgIpc) is 3.29. The number of anilines is 1. The molecule has 5 nitrogen and oxygen atoms in total. The summed E-state index contributed by atoms with van der Waals surface area (Å²) in [6, 6.07) is 8.04. The number of hydrogen-bond acceptors (Lipinski definition) is 4. The third-order valence-corrected chi connectivity index (χ3v) is 5.28. The van der Waals surface area contributed by atoms with Gasteiger partial charge in [-0.25, -0.2) is 13.1 Å². The lowest BCUT2D eigenvalue weighted by Gasteiger charge is -2.25. The van der Waals surface area contributed by atoms with Crippen LogP contribution in [0.2, 0.25) is 0 Å². The van der Waals surface area contributed by atoms with Gasteiger partial charge < -0.3 is 5.32 Å². The second kappa shape index (κ2) is 6.11. The van der Waals surface area contributed by atoms with Crippen LogP contribution in [0.3, 0.4) is 0 Å². The van der Waals surface area contributed by atoms with Crippen LogP contribution in [0.1, 0.15) is 19.8 Å². The number of likely N-dealkylation sites (N-methyl/N-ethyl adjacent to an activating group) is 1. The normalized spacial score (nSPS) is 17.2. The Labute approximate surface area is 121 Å². The van der Waals surface area contributed by atoms with Crippen molar-refractivity contribution in [2.24, 2.45) is 0 Å². The van der Waals surface area contributed by atoms with E-state index in [1.807, 2.05) is 0 Å².